The molecule has 2 N–H and O–H groups in total. The molecule has 0 atom stereocenters. The summed E-state index contributed by atoms with van der Waals surface area (Å²) >= 11 is 0. The molecule has 7 heteroatoms. The summed E-state index contributed by atoms with van der Waals surface area (Å²) in [4.78, 5) is 23.9. The lowest BCUT2D eigenvalue weighted by molar-refractivity contribution is -0.137. The largest absolute Gasteiger partial charge is 0.495 e. The quantitative estimate of drug-likeness (QED) is 0.286. The van der Waals surface area contributed by atoms with Crippen molar-refractivity contribution in [2.45, 2.75) is 6.92 Å². The summed E-state index contributed by atoms with van der Waals surface area (Å²) in [6.07, 6.45) is 3.06. The minimum atomic E-state index is -0.382. The van der Waals surface area contributed by atoms with Gasteiger partial charge in [0.15, 0.2) is 0 Å². The normalized spacial score (nSPS) is 11.1. The molecular formula is C26H24N2O5. The van der Waals surface area contributed by atoms with E-state index in [-0.39, 0.29) is 18.4 Å². The molecule has 33 heavy (non-hydrogen) atoms. The third kappa shape index (κ3) is 5.15. The number of amides is 1. The molecule has 4 rings (SSSR count). The molecule has 4 aromatic rings. The van der Waals surface area contributed by atoms with Crippen LogP contribution in [-0.2, 0) is 14.3 Å². The van der Waals surface area contributed by atoms with Crippen molar-refractivity contribution in [3.8, 4) is 5.75 Å². The van der Waals surface area contributed by atoms with Crippen molar-refractivity contribution in [2.24, 2.45) is 0 Å². The lowest BCUT2D eigenvalue weighted by Crippen LogP contribution is -2.22. The summed E-state index contributed by atoms with van der Waals surface area (Å²) in [5.41, 5.74) is 3.61. The van der Waals surface area contributed by atoms with Gasteiger partial charge >= 0.3 is 5.97 Å². The number of anilines is 2. The minimum absolute atomic E-state index is 0.0688. The number of hydrogen-bond donors (Lipinski definition) is 2. The molecule has 7 nitrogen and oxygen atoms in total. The summed E-state index contributed by atoms with van der Waals surface area (Å²) in [5.74, 6) is -0.0529. The van der Waals surface area contributed by atoms with Crippen LogP contribution < -0.4 is 15.4 Å². The average Bonchev–Trinajstić information content (AvgIpc) is 3.19. The number of ether oxygens (including phenoxy) is 2. The van der Waals surface area contributed by atoms with Crippen molar-refractivity contribution in [3.63, 3.8) is 0 Å². The van der Waals surface area contributed by atoms with Crippen molar-refractivity contribution in [3.05, 3.63) is 72.3 Å². The molecule has 1 heterocycles. The van der Waals surface area contributed by atoms with Crippen molar-refractivity contribution in [1.82, 2.24) is 0 Å². The molecule has 0 aliphatic carbocycles. The zero-order valence-corrected chi connectivity index (χ0v) is 18.4. The van der Waals surface area contributed by atoms with Crippen LogP contribution in [0.1, 0.15) is 12.5 Å². The number of rotatable bonds is 8. The van der Waals surface area contributed by atoms with Gasteiger partial charge in [0.25, 0.3) is 0 Å². The molecule has 0 unspecified atom stereocenters. The lowest BCUT2D eigenvalue weighted by atomic mass is 10.1. The van der Waals surface area contributed by atoms with Gasteiger partial charge < -0.3 is 24.5 Å². The van der Waals surface area contributed by atoms with Crippen LogP contribution in [0, 0.1) is 0 Å². The van der Waals surface area contributed by atoms with Gasteiger partial charge in [0, 0.05) is 28.6 Å². The van der Waals surface area contributed by atoms with Crippen LogP contribution in [0.5, 0.6) is 5.75 Å². The Morgan fingerprint density at radius 1 is 1.00 bits per heavy atom. The van der Waals surface area contributed by atoms with E-state index in [2.05, 4.69) is 10.6 Å². The fraction of sp³-hybridized carbons (Fsp3) is 0.154. The van der Waals surface area contributed by atoms with Gasteiger partial charge in [0.05, 0.1) is 25.9 Å². The fourth-order valence-electron chi connectivity index (χ4n) is 3.46. The van der Waals surface area contributed by atoms with E-state index in [0.29, 0.717) is 23.6 Å². The molecular weight excluding hydrogens is 420 g/mol. The van der Waals surface area contributed by atoms with E-state index in [1.807, 2.05) is 54.6 Å². The van der Waals surface area contributed by atoms with Crippen LogP contribution in [0.2, 0.25) is 0 Å². The monoisotopic (exact) mass is 444 g/mol. The first kappa shape index (κ1) is 22.0. The molecule has 0 radical (unpaired) electrons. The zero-order chi connectivity index (χ0) is 23.2. The van der Waals surface area contributed by atoms with Crippen LogP contribution in [0.4, 0.5) is 11.4 Å². The Kier molecular flexibility index (Phi) is 6.59. The van der Waals surface area contributed by atoms with E-state index >= 15 is 0 Å². The van der Waals surface area contributed by atoms with Gasteiger partial charge in [-0.1, -0.05) is 30.3 Å². The van der Waals surface area contributed by atoms with E-state index < -0.39 is 0 Å². The molecule has 168 valence electrons. The van der Waals surface area contributed by atoms with Crippen LogP contribution in [0.25, 0.3) is 28.0 Å². The Hall–Kier alpha value is -4.26. The third-order valence-corrected chi connectivity index (χ3v) is 5.04. The average molecular weight is 444 g/mol. The number of para-hydroxylation sites is 1. The summed E-state index contributed by atoms with van der Waals surface area (Å²) in [5, 5.41) is 7.87. The van der Waals surface area contributed by atoms with Crippen LogP contribution in [-0.4, -0.2) is 32.1 Å². The maximum atomic E-state index is 12.5. The van der Waals surface area contributed by atoms with Gasteiger partial charge in [0.1, 0.15) is 16.9 Å². The molecule has 0 aliphatic rings. The number of carbonyl (C=O) groups excluding carboxylic acids is 2. The highest BCUT2D eigenvalue weighted by Crippen LogP contribution is 2.36. The summed E-state index contributed by atoms with van der Waals surface area (Å²) in [6, 6.07) is 18.8. The number of fused-ring (bicyclic) bond motifs is 3. The van der Waals surface area contributed by atoms with Crippen LogP contribution >= 0.6 is 0 Å². The third-order valence-electron chi connectivity index (χ3n) is 5.04. The molecule has 0 saturated carbocycles. The smallest absolute Gasteiger partial charge is 0.330 e. The Morgan fingerprint density at radius 2 is 1.79 bits per heavy atom. The highest BCUT2D eigenvalue weighted by Gasteiger charge is 2.14. The number of nitrogens with one attached hydrogen (secondary N) is 2. The van der Waals surface area contributed by atoms with Crippen LogP contribution in [0.15, 0.2) is 71.2 Å². The van der Waals surface area contributed by atoms with Gasteiger partial charge in [0.2, 0.25) is 5.91 Å². The van der Waals surface area contributed by atoms with E-state index in [9.17, 15) is 9.59 Å². The Balaban J connectivity index is 1.40. The predicted molar refractivity (Wildman–Crippen MR) is 130 cm³/mol. The topological polar surface area (TPSA) is 89.8 Å². The van der Waals surface area contributed by atoms with E-state index in [4.69, 9.17) is 13.9 Å². The summed E-state index contributed by atoms with van der Waals surface area (Å²) in [6.45, 7) is 2.17. The lowest BCUT2D eigenvalue weighted by Gasteiger charge is -2.11. The van der Waals surface area contributed by atoms with Crippen LogP contribution in [0.3, 0.4) is 0 Å². The molecule has 0 aliphatic heterocycles. The number of carbonyl (C=O) groups is 2. The Labute approximate surface area is 191 Å². The zero-order valence-electron chi connectivity index (χ0n) is 18.4. The van der Waals surface area contributed by atoms with E-state index in [1.165, 1.54) is 6.08 Å². The second kappa shape index (κ2) is 9.91. The number of benzene rings is 3. The number of hydrogen-bond acceptors (Lipinski definition) is 6. The minimum Gasteiger partial charge on any atom is -0.495 e. The van der Waals surface area contributed by atoms with E-state index in [1.54, 1.807) is 26.2 Å². The van der Waals surface area contributed by atoms with Crippen molar-refractivity contribution >= 4 is 51.3 Å². The second-order valence-corrected chi connectivity index (χ2v) is 7.26. The molecule has 1 amide bonds. The van der Waals surface area contributed by atoms with Crippen molar-refractivity contribution < 1.29 is 23.5 Å². The molecule has 0 fully saturated rings. The number of methoxy groups -OCH3 is 1. The Morgan fingerprint density at radius 3 is 2.55 bits per heavy atom. The first-order valence-corrected chi connectivity index (χ1v) is 10.5. The van der Waals surface area contributed by atoms with Crippen molar-refractivity contribution in [1.29, 1.82) is 0 Å². The molecule has 0 spiro atoms. The first-order valence-electron chi connectivity index (χ1n) is 10.5. The molecule has 1 aromatic heterocycles. The summed E-state index contributed by atoms with van der Waals surface area (Å²) < 4.78 is 16.3. The van der Waals surface area contributed by atoms with Gasteiger partial charge in [-0.2, -0.15) is 0 Å². The maximum Gasteiger partial charge on any atom is 0.330 e. The highest BCUT2D eigenvalue weighted by atomic mass is 16.5. The molecule has 3 aromatic carbocycles. The summed E-state index contributed by atoms with van der Waals surface area (Å²) in [7, 11) is 1.56. The molecule has 0 saturated heterocycles. The second-order valence-electron chi connectivity index (χ2n) is 7.26. The van der Waals surface area contributed by atoms with Crippen molar-refractivity contribution in [2.75, 3.05) is 30.9 Å². The Bertz CT molecular complexity index is 1320. The first-order chi connectivity index (χ1) is 16.1. The maximum absolute atomic E-state index is 12.5. The SMILES string of the molecule is CCOC(=O)/C=C/c1ccc(NCC(=O)Nc2cc3oc4ccccc4c3cc2OC)cc1. The standard InChI is InChI=1S/C26H24N2O5/c1-3-32-26(30)13-10-17-8-11-18(12-9-17)27-16-25(29)28-21-15-23-20(14-24(21)31-2)19-6-4-5-7-22(19)33-23/h4-15,27H,3,16H2,1-2H3,(H,28,29)/b13-10+. The number of furan rings is 1. The number of esters is 1. The predicted octanol–water partition coefficient (Wildman–Crippen LogP) is 5.22. The molecule has 0 bridgehead atoms. The van der Waals surface area contributed by atoms with Gasteiger partial charge in [-0.05, 0) is 42.8 Å². The van der Waals surface area contributed by atoms with Gasteiger partial charge in [-0.15, -0.1) is 0 Å². The van der Waals surface area contributed by atoms with E-state index in [0.717, 1.165) is 27.6 Å². The van der Waals surface area contributed by atoms with Gasteiger partial charge in [-0.3, -0.25) is 4.79 Å². The highest BCUT2D eigenvalue weighted by molar-refractivity contribution is 6.08. The fourth-order valence-corrected chi connectivity index (χ4v) is 3.46. The van der Waals surface area contributed by atoms with Gasteiger partial charge in [-0.25, -0.2) is 4.79 Å².